The van der Waals surface area contributed by atoms with Gasteiger partial charge in [0.15, 0.2) is 0 Å². The standard InChI is InChI=1S/C20H19N3O3S/c1-23(2)20(25)15-4-3-5-16(10-15)22-19(24)14-6-8-18(9-7-14)26-11-17-12-27-13-21-17/h3-10,12-13H,11H2,1-2H3,(H,22,24). The molecule has 2 aromatic carbocycles. The van der Waals surface area contributed by atoms with Crippen LogP contribution in [-0.2, 0) is 6.61 Å². The maximum Gasteiger partial charge on any atom is 0.255 e. The van der Waals surface area contributed by atoms with Crippen molar-refractivity contribution in [3.05, 3.63) is 76.2 Å². The highest BCUT2D eigenvalue weighted by atomic mass is 32.1. The van der Waals surface area contributed by atoms with Gasteiger partial charge in [0.25, 0.3) is 11.8 Å². The second-order valence-corrected chi connectivity index (χ2v) is 6.75. The quantitative estimate of drug-likeness (QED) is 0.707. The van der Waals surface area contributed by atoms with Gasteiger partial charge in [0, 0.05) is 36.3 Å². The minimum Gasteiger partial charge on any atom is -0.487 e. The van der Waals surface area contributed by atoms with E-state index in [0.29, 0.717) is 29.2 Å². The Labute approximate surface area is 161 Å². The van der Waals surface area contributed by atoms with Gasteiger partial charge in [-0.1, -0.05) is 6.07 Å². The summed E-state index contributed by atoms with van der Waals surface area (Å²) in [5, 5.41) is 4.73. The Balaban J connectivity index is 1.62. The smallest absolute Gasteiger partial charge is 0.255 e. The summed E-state index contributed by atoms with van der Waals surface area (Å²) in [6.07, 6.45) is 0. The van der Waals surface area contributed by atoms with E-state index in [1.54, 1.807) is 68.1 Å². The van der Waals surface area contributed by atoms with Gasteiger partial charge in [0.2, 0.25) is 0 Å². The van der Waals surface area contributed by atoms with Gasteiger partial charge in [-0.05, 0) is 42.5 Å². The van der Waals surface area contributed by atoms with Crippen LogP contribution in [0, 0.1) is 0 Å². The van der Waals surface area contributed by atoms with Gasteiger partial charge in [-0.2, -0.15) is 0 Å². The molecule has 0 aliphatic rings. The fourth-order valence-corrected chi connectivity index (χ4v) is 2.90. The molecule has 0 radical (unpaired) electrons. The lowest BCUT2D eigenvalue weighted by Crippen LogP contribution is -2.21. The molecule has 0 bridgehead atoms. The number of thiazole rings is 1. The molecule has 0 saturated heterocycles. The Morgan fingerprint density at radius 1 is 1.11 bits per heavy atom. The highest BCUT2D eigenvalue weighted by Gasteiger charge is 2.11. The van der Waals surface area contributed by atoms with E-state index >= 15 is 0 Å². The van der Waals surface area contributed by atoms with Gasteiger partial charge >= 0.3 is 0 Å². The van der Waals surface area contributed by atoms with Crippen molar-refractivity contribution in [1.29, 1.82) is 0 Å². The molecule has 3 aromatic rings. The Kier molecular flexibility index (Phi) is 5.83. The number of nitrogens with zero attached hydrogens (tertiary/aromatic N) is 2. The number of anilines is 1. The molecule has 1 heterocycles. The molecule has 0 aliphatic heterocycles. The van der Waals surface area contributed by atoms with Crippen LogP contribution in [0.3, 0.4) is 0 Å². The Morgan fingerprint density at radius 3 is 2.56 bits per heavy atom. The van der Waals surface area contributed by atoms with Crippen LogP contribution in [-0.4, -0.2) is 35.8 Å². The molecule has 1 aromatic heterocycles. The monoisotopic (exact) mass is 381 g/mol. The summed E-state index contributed by atoms with van der Waals surface area (Å²) in [6.45, 7) is 0.391. The van der Waals surface area contributed by atoms with Crippen molar-refractivity contribution in [2.45, 2.75) is 6.61 Å². The van der Waals surface area contributed by atoms with Gasteiger partial charge in [-0.3, -0.25) is 9.59 Å². The van der Waals surface area contributed by atoms with E-state index in [1.807, 2.05) is 5.38 Å². The third kappa shape index (κ3) is 4.92. The molecule has 0 saturated carbocycles. The fraction of sp³-hybridized carbons (Fsp3) is 0.150. The van der Waals surface area contributed by atoms with Crippen molar-refractivity contribution < 1.29 is 14.3 Å². The number of amides is 2. The number of rotatable bonds is 6. The zero-order chi connectivity index (χ0) is 19.2. The maximum absolute atomic E-state index is 12.4. The molecule has 0 atom stereocenters. The number of nitrogens with one attached hydrogen (secondary N) is 1. The summed E-state index contributed by atoms with van der Waals surface area (Å²) in [5.41, 5.74) is 4.21. The molecule has 138 valence electrons. The highest BCUT2D eigenvalue weighted by molar-refractivity contribution is 7.07. The molecule has 0 spiro atoms. The number of hydrogen-bond donors (Lipinski definition) is 1. The first kappa shape index (κ1) is 18.6. The largest absolute Gasteiger partial charge is 0.487 e. The van der Waals surface area contributed by atoms with Crippen molar-refractivity contribution >= 4 is 28.8 Å². The predicted octanol–water partition coefficient (Wildman–Crippen LogP) is 3.68. The highest BCUT2D eigenvalue weighted by Crippen LogP contribution is 2.17. The number of hydrogen-bond acceptors (Lipinski definition) is 5. The average molecular weight is 381 g/mol. The van der Waals surface area contributed by atoms with Crippen molar-refractivity contribution in [3.63, 3.8) is 0 Å². The van der Waals surface area contributed by atoms with E-state index in [4.69, 9.17) is 4.74 Å². The normalized spacial score (nSPS) is 10.3. The summed E-state index contributed by atoms with van der Waals surface area (Å²) in [7, 11) is 3.37. The van der Waals surface area contributed by atoms with E-state index in [2.05, 4.69) is 10.3 Å². The molecule has 0 unspecified atom stereocenters. The zero-order valence-corrected chi connectivity index (χ0v) is 15.8. The van der Waals surface area contributed by atoms with Gasteiger partial charge in [0.05, 0.1) is 11.2 Å². The van der Waals surface area contributed by atoms with E-state index in [1.165, 1.54) is 16.2 Å². The van der Waals surface area contributed by atoms with Gasteiger partial charge < -0.3 is 15.0 Å². The maximum atomic E-state index is 12.4. The Hall–Kier alpha value is -3.19. The SMILES string of the molecule is CN(C)C(=O)c1cccc(NC(=O)c2ccc(OCc3cscn3)cc2)c1. The summed E-state index contributed by atoms with van der Waals surface area (Å²) < 4.78 is 5.64. The number of carbonyl (C=O) groups excluding carboxylic acids is 2. The molecule has 3 rings (SSSR count). The lowest BCUT2D eigenvalue weighted by Gasteiger charge is -2.12. The lowest BCUT2D eigenvalue weighted by atomic mass is 10.1. The number of carbonyl (C=O) groups is 2. The fourth-order valence-electron chi connectivity index (χ4n) is 2.36. The minimum absolute atomic E-state index is 0.118. The Morgan fingerprint density at radius 2 is 1.89 bits per heavy atom. The van der Waals surface area contributed by atoms with Crippen LogP contribution < -0.4 is 10.1 Å². The number of aromatic nitrogens is 1. The van der Waals surface area contributed by atoms with E-state index < -0.39 is 0 Å². The summed E-state index contributed by atoms with van der Waals surface area (Å²) in [6, 6.07) is 13.7. The first-order chi connectivity index (χ1) is 13.0. The first-order valence-corrected chi connectivity index (χ1v) is 9.20. The third-order valence-corrected chi connectivity index (χ3v) is 4.40. The van der Waals surface area contributed by atoms with Gasteiger partial charge in [0.1, 0.15) is 12.4 Å². The van der Waals surface area contributed by atoms with Crippen LogP contribution in [0.4, 0.5) is 5.69 Å². The summed E-state index contributed by atoms with van der Waals surface area (Å²) in [5.74, 6) is 0.293. The van der Waals surface area contributed by atoms with Crippen molar-refractivity contribution in [2.24, 2.45) is 0 Å². The second-order valence-electron chi connectivity index (χ2n) is 6.03. The number of benzene rings is 2. The Bertz CT molecular complexity index is 922. The van der Waals surface area contributed by atoms with E-state index in [0.717, 1.165) is 5.69 Å². The van der Waals surface area contributed by atoms with Crippen LogP contribution in [0.1, 0.15) is 26.4 Å². The van der Waals surface area contributed by atoms with Crippen LogP contribution >= 0.6 is 11.3 Å². The lowest BCUT2D eigenvalue weighted by molar-refractivity contribution is 0.0827. The van der Waals surface area contributed by atoms with Crippen molar-refractivity contribution in [3.8, 4) is 5.75 Å². The average Bonchev–Trinajstić information content (AvgIpc) is 3.20. The molecule has 0 fully saturated rings. The molecular weight excluding hydrogens is 362 g/mol. The molecule has 1 N–H and O–H groups in total. The van der Waals surface area contributed by atoms with Gasteiger partial charge in [-0.15, -0.1) is 11.3 Å². The molecule has 27 heavy (non-hydrogen) atoms. The van der Waals surface area contributed by atoms with Crippen molar-refractivity contribution in [1.82, 2.24) is 9.88 Å². The van der Waals surface area contributed by atoms with E-state index in [-0.39, 0.29) is 11.8 Å². The molecule has 7 heteroatoms. The molecule has 6 nitrogen and oxygen atoms in total. The molecular formula is C20H19N3O3S. The van der Waals surface area contributed by atoms with Crippen LogP contribution in [0.25, 0.3) is 0 Å². The van der Waals surface area contributed by atoms with Crippen LogP contribution in [0.2, 0.25) is 0 Å². The zero-order valence-electron chi connectivity index (χ0n) is 15.0. The topological polar surface area (TPSA) is 71.5 Å². The molecule has 0 aliphatic carbocycles. The molecule has 2 amide bonds. The van der Waals surface area contributed by atoms with Gasteiger partial charge in [-0.25, -0.2) is 4.98 Å². The van der Waals surface area contributed by atoms with Crippen LogP contribution in [0.5, 0.6) is 5.75 Å². The van der Waals surface area contributed by atoms with Crippen molar-refractivity contribution in [2.75, 3.05) is 19.4 Å². The summed E-state index contributed by atoms with van der Waals surface area (Å²) >= 11 is 1.52. The van der Waals surface area contributed by atoms with E-state index in [9.17, 15) is 9.59 Å². The first-order valence-electron chi connectivity index (χ1n) is 8.26. The minimum atomic E-state index is -0.254. The van der Waals surface area contributed by atoms with Crippen LogP contribution in [0.15, 0.2) is 59.4 Å². The number of ether oxygens (including phenoxy) is 1. The third-order valence-electron chi connectivity index (χ3n) is 3.76. The second kappa shape index (κ2) is 8.46. The predicted molar refractivity (Wildman–Crippen MR) is 105 cm³/mol. The summed E-state index contributed by atoms with van der Waals surface area (Å²) in [4.78, 5) is 30.1.